The van der Waals surface area contributed by atoms with Gasteiger partial charge in [-0.1, -0.05) is 23.2 Å². The van der Waals surface area contributed by atoms with Gasteiger partial charge in [-0.3, -0.25) is 14.5 Å². The molecule has 2 heterocycles. The van der Waals surface area contributed by atoms with Gasteiger partial charge in [0.05, 0.1) is 22.6 Å². The lowest BCUT2D eigenvalue weighted by atomic mass is 10.2. The molecule has 2 fully saturated rings. The van der Waals surface area contributed by atoms with Crippen LogP contribution in [0.25, 0.3) is 0 Å². The molecule has 1 N–H and O–H groups in total. The van der Waals surface area contributed by atoms with E-state index in [4.69, 9.17) is 23.2 Å². The maximum Gasteiger partial charge on any atom is 0.324 e. The number of carbonyl (C=O) groups excluding carboxylic acids is 3. The van der Waals surface area contributed by atoms with E-state index in [0.717, 1.165) is 0 Å². The van der Waals surface area contributed by atoms with Gasteiger partial charge in [-0.15, -0.1) is 0 Å². The molecule has 0 aliphatic carbocycles. The predicted molar refractivity (Wildman–Crippen MR) is 81.0 cm³/mol. The van der Waals surface area contributed by atoms with Crippen LogP contribution < -0.4 is 5.32 Å². The highest BCUT2D eigenvalue weighted by Crippen LogP contribution is 2.25. The fourth-order valence-electron chi connectivity index (χ4n) is 2.75. The lowest BCUT2D eigenvalue weighted by Crippen LogP contribution is -2.42. The second kappa shape index (κ2) is 5.78. The van der Waals surface area contributed by atoms with Crippen LogP contribution in [0, 0.1) is 0 Å². The largest absolute Gasteiger partial charge is 0.336 e. The van der Waals surface area contributed by atoms with Crippen molar-refractivity contribution in [3.05, 3.63) is 33.8 Å². The van der Waals surface area contributed by atoms with E-state index in [9.17, 15) is 14.4 Å². The van der Waals surface area contributed by atoms with Crippen LogP contribution >= 0.6 is 23.2 Å². The van der Waals surface area contributed by atoms with Crippen molar-refractivity contribution in [1.29, 1.82) is 0 Å². The minimum atomic E-state index is -0.390. The molecule has 2 aliphatic heterocycles. The zero-order valence-electron chi connectivity index (χ0n) is 11.5. The van der Waals surface area contributed by atoms with E-state index in [1.54, 1.807) is 17.0 Å². The van der Waals surface area contributed by atoms with Crippen LogP contribution in [0.3, 0.4) is 0 Å². The third-order valence-corrected chi connectivity index (χ3v) is 4.60. The summed E-state index contributed by atoms with van der Waals surface area (Å²) in [5.74, 6) is -0.438. The Labute approximate surface area is 136 Å². The molecule has 6 nitrogen and oxygen atoms in total. The van der Waals surface area contributed by atoms with Crippen LogP contribution in [0.2, 0.25) is 10.0 Å². The number of urea groups is 1. The molecule has 2 saturated heterocycles. The van der Waals surface area contributed by atoms with Gasteiger partial charge in [0.1, 0.15) is 0 Å². The van der Waals surface area contributed by atoms with Crippen LogP contribution in [-0.2, 0) is 4.79 Å². The highest BCUT2D eigenvalue weighted by atomic mass is 35.5. The summed E-state index contributed by atoms with van der Waals surface area (Å²) in [6, 6.07) is 4.04. The Balaban J connectivity index is 1.72. The molecule has 0 aromatic heterocycles. The number of nitrogens with zero attached hydrogens (tertiary/aromatic N) is 2. The van der Waals surface area contributed by atoms with Gasteiger partial charge < -0.3 is 10.2 Å². The quantitative estimate of drug-likeness (QED) is 0.833. The number of halogens is 2. The Bertz CT molecular complexity index is 649. The molecule has 116 valence electrons. The highest BCUT2D eigenvalue weighted by molar-refractivity contribution is 6.42. The summed E-state index contributed by atoms with van der Waals surface area (Å²) in [5.41, 5.74) is 0.437. The van der Waals surface area contributed by atoms with Gasteiger partial charge in [0.2, 0.25) is 5.91 Å². The first-order valence-corrected chi connectivity index (χ1v) is 7.57. The van der Waals surface area contributed by atoms with Gasteiger partial charge >= 0.3 is 6.03 Å². The van der Waals surface area contributed by atoms with Crippen LogP contribution in [-0.4, -0.2) is 53.3 Å². The number of hydrogen-bond donors (Lipinski definition) is 1. The van der Waals surface area contributed by atoms with Crippen molar-refractivity contribution in [3.8, 4) is 0 Å². The van der Waals surface area contributed by atoms with E-state index in [-0.39, 0.29) is 30.4 Å². The number of nitrogens with one attached hydrogen (secondary N) is 1. The molecule has 0 bridgehead atoms. The van der Waals surface area contributed by atoms with E-state index in [1.807, 2.05) is 0 Å². The molecule has 1 atom stereocenters. The second-order valence-electron chi connectivity index (χ2n) is 5.25. The summed E-state index contributed by atoms with van der Waals surface area (Å²) >= 11 is 11.8. The first-order valence-electron chi connectivity index (χ1n) is 6.81. The standard InChI is InChI=1S/C14H13Cl2N3O3/c15-10-2-1-8(5-11(10)16)13(21)18-4-3-9(7-18)19-12(20)6-17-14(19)22/h1-2,5,9H,3-4,6-7H2,(H,17,22)/t9-/m0/s1. The maximum atomic E-state index is 12.5. The molecule has 0 saturated carbocycles. The highest BCUT2D eigenvalue weighted by Gasteiger charge is 2.39. The summed E-state index contributed by atoms with van der Waals surface area (Å²) in [7, 11) is 0. The van der Waals surface area contributed by atoms with Crippen LogP contribution in [0.4, 0.5) is 4.79 Å². The third kappa shape index (κ3) is 2.64. The van der Waals surface area contributed by atoms with Crippen molar-refractivity contribution >= 4 is 41.0 Å². The average molecular weight is 342 g/mol. The van der Waals surface area contributed by atoms with E-state index in [0.29, 0.717) is 35.1 Å². The summed E-state index contributed by atoms with van der Waals surface area (Å²) in [6.07, 6.45) is 0.576. The van der Waals surface area contributed by atoms with E-state index in [1.165, 1.54) is 11.0 Å². The second-order valence-corrected chi connectivity index (χ2v) is 6.06. The minimum Gasteiger partial charge on any atom is -0.336 e. The van der Waals surface area contributed by atoms with E-state index >= 15 is 0 Å². The predicted octanol–water partition coefficient (Wildman–Crippen LogP) is 1.76. The van der Waals surface area contributed by atoms with Crippen molar-refractivity contribution in [1.82, 2.24) is 15.1 Å². The van der Waals surface area contributed by atoms with Gasteiger partial charge in [-0.05, 0) is 24.6 Å². The van der Waals surface area contributed by atoms with Gasteiger partial charge in [0.15, 0.2) is 0 Å². The van der Waals surface area contributed by atoms with Crippen molar-refractivity contribution < 1.29 is 14.4 Å². The molecule has 2 aliphatic rings. The number of benzene rings is 1. The summed E-state index contributed by atoms with van der Waals surface area (Å²) in [4.78, 5) is 38.6. The number of likely N-dealkylation sites (tertiary alicyclic amines) is 1. The molecule has 0 radical (unpaired) electrons. The zero-order chi connectivity index (χ0) is 15.9. The number of amides is 4. The Hall–Kier alpha value is -1.79. The van der Waals surface area contributed by atoms with Crippen LogP contribution in [0.5, 0.6) is 0 Å². The smallest absolute Gasteiger partial charge is 0.324 e. The van der Waals surface area contributed by atoms with Gasteiger partial charge in [0, 0.05) is 18.7 Å². The molecule has 0 spiro atoms. The SMILES string of the molecule is O=C(c1ccc(Cl)c(Cl)c1)N1CC[C@H](N2C(=O)CNC2=O)C1. The molecule has 22 heavy (non-hydrogen) atoms. The number of carbonyl (C=O) groups is 3. The molecule has 1 aromatic rings. The number of hydrogen-bond acceptors (Lipinski definition) is 3. The molecule has 8 heteroatoms. The molecule has 4 amide bonds. The fraction of sp³-hybridized carbons (Fsp3) is 0.357. The van der Waals surface area contributed by atoms with Gasteiger partial charge in [-0.25, -0.2) is 4.79 Å². The van der Waals surface area contributed by atoms with Gasteiger partial charge in [-0.2, -0.15) is 0 Å². The van der Waals surface area contributed by atoms with Gasteiger partial charge in [0.25, 0.3) is 5.91 Å². The van der Waals surface area contributed by atoms with E-state index in [2.05, 4.69) is 5.32 Å². The molecule has 0 unspecified atom stereocenters. The summed E-state index contributed by atoms with van der Waals surface area (Å²) in [5, 5.41) is 3.19. The molecular weight excluding hydrogens is 329 g/mol. The normalized spacial score (nSPS) is 21.5. The first-order chi connectivity index (χ1) is 10.5. The monoisotopic (exact) mass is 341 g/mol. The average Bonchev–Trinajstić information content (AvgIpc) is 3.08. The third-order valence-electron chi connectivity index (χ3n) is 3.86. The van der Waals surface area contributed by atoms with Crippen LogP contribution in [0.1, 0.15) is 16.8 Å². The molecule has 1 aromatic carbocycles. The topological polar surface area (TPSA) is 69.7 Å². The maximum absolute atomic E-state index is 12.5. The Morgan fingerprint density at radius 2 is 2.00 bits per heavy atom. The molecular formula is C14H13Cl2N3O3. The number of rotatable bonds is 2. The summed E-state index contributed by atoms with van der Waals surface area (Å²) < 4.78 is 0. The van der Waals surface area contributed by atoms with Crippen molar-refractivity contribution in [2.24, 2.45) is 0 Å². The lowest BCUT2D eigenvalue weighted by molar-refractivity contribution is -0.126. The van der Waals surface area contributed by atoms with Crippen LogP contribution in [0.15, 0.2) is 18.2 Å². The minimum absolute atomic E-state index is 0.0239. The lowest BCUT2D eigenvalue weighted by Gasteiger charge is -2.21. The first kappa shape index (κ1) is 15.1. The van der Waals surface area contributed by atoms with E-state index < -0.39 is 0 Å². The van der Waals surface area contributed by atoms with Crippen molar-refractivity contribution in [2.45, 2.75) is 12.5 Å². The number of imide groups is 1. The molecule has 3 rings (SSSR count). The van der Waals surface area contributed by atoms with Crippen molar-refractivity contribution in [2.75, 3.05) is 19.6 Å². The Morgan fingerprint density at radius 1 is 1.23 bits per heavy atom. The zero-order valence-corrected chi connectivity index (χ0v) is 13.0. The fourth-order valence-corrected chi connectivity index (χ4v) is 3.05. The summed E-state index contributed by atoms with van der Waals surface area (Å²) in [6.45, 7) is 0.842. The Morgan fingerprint density at radius 3 is 2.64 bits per heavy atom. The Kier molecular flexibility index (Phi) is 3.97. The van der Waals surface area contributed by atoms with Crippen molar-refractivity contribution in [3.63, 3.8) is 0 Å².